The summed E-state index contributed by atoms with van der Waals surface area (Å²) in [7, 11) is -3.80. The molecule has 8 heteroatoms. The highest BCUT2D eigenvalue weighted by molar-refractivity contribution is 7.89. The summed E-state index contributed by atoms with van der Waals surface area (Å²) < 4.78 is 64.6. The van der Waals surface area contributed by atoms with Crippen LogP contribution in [-0.2, 0) is 16.2 Å². The monoisotopic (exact) mass is 336 g/mol. The van der Waals surface area contributed by atoms with E-state index in [0.717, 1.165) is 50.2 Å². The van der Waals surface area contributed by atoms with E-state index < -0.39 is 21.8 Å². The van der Waals surface area contributed by atoms with E-state index in [4.69, 9.17) is 0 Å². The maximum atomic E-state index is 12.5. The van der Waals surface area contributed by atoms with Crippen molar-refractivity contribution in [2.75, 3.05) is 19.6 Å². The van der Waals surface area contributed by atoms with Crippen LogP contribution in [0.2, 0.25) is 0 Å². The maximum Gasteiger partial charge on any atom is 0.416 e. The summed E-state index contributed by atoms with van der Waals surface area (Å²) in [5.41, 5.74) is -0.860. The first-order valence-electron chi connectivity index (χ1n) is 7.14. The molecule has 0 amide bonds. The fourth-order valence-corrected chi connectivity index (χ4v) is 3.81. The molecule has 0 radical (unpaired) electrons. The molecule has 1 aromatic carbocycles. The van der Waals surface area contributed by atoms with E-state index in [1.807, 2.05) is 6.92 Å². The number of likely N-dealkylation sites (N-methyl/N-ethyl adjacent to an activating group) is 1. The van der Waals surface area contributed by atoms with Gasteiger partial charge in [0, 0.05) is 12.6 Å². The van der Waals surface area contributed by atoms with Crippen LogP contribution in [-0.4, -0.2) is 39.0 Å². The van der Waals surface area contributed by atoms with E-state index in [0.29, 0.717) is 6.54 Å². The summed E-state index contributed by atoms with van der Waals surface area (Å²) in [6.07, 6.45) is -2.84. The Morgan fingerprint density at radius 2 is 1.91 bits per heavy atom. The number of sulfonamides is 1. The third kappa shape index (κ3) is 4.21. The van der Waals surface area contributed by atoms with Crippen molar-refractivity contribution in [2.45, 2.75) is 36.9 Å². The number of nitrogens with one attached hydrogen (secondary N) is 1. The van der Waals surface area contributed by atoms with Crippen molar-refractivity contribution in [2.24, 2.45) is 0 Å². The number of piperidine rings is 1. The fraction of sp³-hybridized carbons (Fsp3) is 0.571. The molecule has 0 saturated carbocycles. The molecule has 1 unspecified atom stereocenters. The van der Waals surface area contributed by atoms with Gasteiger partial charge in [-0.05, 0) is 50.2 Å². The molecule has 1 fully saturated rings. The second-order valence-corrected chi connectivity index (χ2v) is 7.09. The minimum atomic E-state index is -4.47. The minimum absolute atomic E-state index is 0.144. The Bertz CT molecular complexity index is 600. The summed E-state index contributed by atoms with van der Waals surface area (Å²) in [5, 5.41) is 0. The van der Waals surface area contributed by atoms with Crippen molar-refractivity contribution < 1.29 is 21.6 Å². The topological polar surface area (TPSA) is 49.4 Å². The molecule has 0 aromatic heterocycles. The molecule has 124 valence electrons. The number of alkyl halides is 3. The molecule has 1 heterocycles. The number of benzene rings is 1. The molecule has 2 rings (SSSR count). The van der Waals surface area contributed by atoms with Gasteiger partial charge in [0.25, 0.3) is 0 Å². The quantitative estimate of drug-likeness (QED) is 0.919. The van der Waals surface area contributed by atoms with Crippen molar-refractivity contribution in [3.63, 3.8) is 0 Å². The molecule has 1 aliphatic heterocycles. The molecular formula is C14H19F3N2O2S. The van der Waals surface area contributed by atoms with Gasteiger partial charge < -0.3 is 4.90 Å². The Kier molecular flexibility index (Phi) is 5.14. The molecule has 0 aliphatic carbocycles. The normalized spacial score (nSPS) is 21.0. The lowest BCUT2D eigenvalue weighted by Crippen LogP contribution is -2.47. The van der Waals surface area contributed by atoms with Gasteiger partial charge in [-0.25, -0.2) is 13.1 Å². The molecule has 22 heavy (non-hydrogen) atoms. The number of halogens is 3. The number of hydrogen-bond acceptors (Lipinski definition) is 3. The first kappa shape index (κ1) is 17.2. The summed E-state index contributed by atoms with van der Waals surface area (Å²) in [6.45, 7) is 4.41. The van der Waals surface area contributed by atoms with Gasteiger partial charge in [0.15, 0.2) is 0 Å². The number of likely N-dealkylation sites (tertiary alicyclic amines) is 1. The minimum Gasteiger partial charge on any atom is -0.302 e. The highest BCUT2D eigenvalue weighted by Crippen LogP contribution is 2.29. The van der Waals surface area contributed by atoms with Gasteiger partial charge in [0.2, 0.25) is 10.0 Å². The van der Waals surface area contributed by atoms with Crippen LogP contribution in [0, 0.1) is 0 Å². The molecule has 1 aliphatic rings. The van der Waals surface area contributed by atoms with Gasteiger partial charge in [-0.1, -0.05) is 6.92 Å². The largest absolute Gasteiger partial charge is 0.416 e. The number of hydrogen-bond donors (Lipinski definition) is 1. The Hall–Kier alpha value is -1.12. The Morgan fingerprint density at radius 1 is 1.27 bits per heavy atom. The van der Waals surface area contributed by atoms with E-state index in [2.05, 4.69) is 9.62 Å². The number of rotatable bonds is 4. The number of nitrogens with zero attached hydrogens (tertiary/aromatic N) is 1. The zero-order valence-corrected chi connectivity index (χ0v) is 13.0. The Labute approximate surface area is 128 Å². The van der Waals surface area contributed by atoms with Gasteiger partial charge in [-0.15, -0.1) is 0 Å². The lowest BCUT2D eigenvalue weighted by Gasteiger charge is -2.32. The lowest BCUT2D eigenvalue weighted by atomic mass is 10.1. The van der Waals surface area contributed by atoms with E-state index in [1.165, 1.54) is 0 Å². The van der Waals surface area contributed by atoms with Crippen molar-refractivity contribution in [1.29, 1.82) is 0 Å². The van der Waals surface area contributed by atoms with Crippen LogP contribution in [0.15, 0.2) is 29.2 Å². The SMILES string of the molecule is CCN1CCCC(NS(=O)(=O)c2ccc(C(F)(F)F)cc2)C1. The summed E-state index contributed by atoms with van der Waals surface area (Å²) in [5.74, 6) is 0. The van der Waals surface area contributed by atoms with Crippen molar-refractivity contribution in [3.05, 3.63) is 29.8 Å². The van der Waals surface area contributed by atoms with E-state index in [9.17, 15) is 21.6 Å². The third-order valence-electron chi connectivity index (χ3n) is 3.77. The van der Waals surface area contributed by atoms with Crippen LogP contribution < -0.4 is 4.72 Å². The zero-order chi connectivity index (χ0) is 16.4. The average Bonchev–Trinajstić information content (AvgIpc) is 2.46. The smallest absolute Gasteiger partial charge is 0.302 e. The van der Waals surface area contributed by atoms with Gasteiger partial charge in [-0.3, -0.25) is 0 Å². The standard InChI is InChI=1S/C14H19F3N2O2S/c1-2-19-9-3-4-12(10-19)18-22(20,21)13-7-5-11(6-8-13)14(15,16)17/h5-8,12,18H,2-4,9-10H2,1H3. The highest BCUT2D eigenvalue weighted by Gasteiger charge is 2.31. The molecule has 1 N–H and O–H groups in total. The molecule has 4 nitrogen and oxygen atoms in total. The van der Waals surface area contributed by atoms with Crippen molar-refractivity contribution in [3.8, 4) is 0 Å². The van der Waals surface area contributed by atoms with Crippen LogP contribution in [0.3, 0.4) is 0 Å². The first-order valence-corrected chi connectivity index (χ1v) is 8.62. The highest BCUT2D eigenvalue weighted by atomic mass is 32.2. The molecular weight excluding hydrogens is 317 g/mol. The predicted octanol–water partition coefficient (Wildman–Crippen LogP) is 2.47. The lowest BCUT2D eigenvalue weighted by molar-refractivity contribution is -0.137. The Balaban J connectivity index is 2.10. The van der Waals surface area contributed by atoms with Crippen LogP contribution in [0.1, 0.15) is 25.3 Å². The van der Waals surface area contributed by atoms with Crippen LogP contribution in [0.5, 0.6) is 0 Å². The first-order chi connectivity index (χ1) is 10.2. The fourth-order valence-electron chi connectivity index (χ4n) is 2.55. The van der Waals surface area contributed by atoms with Gasteiger partial charge in [0.05, 0.1) is 10.5 Å². The van der Waals surface area contributed by atoms with E-state index in [1.54, 1.807) is 0 Å². The molecule has 0 bridgehead atoms. The van der Waals surface area contributed by atoms with Crippen LogP contribution in [0.25, 0.3) is 0 Å². The summed E-state index contributed by atoms with van der Waals surface area (Å²) >= 11 is 0. The second kappa shape index (κ2) is 6.55. The molecule has 1 saturated heterocycles. The summed E-state index contributed by atoms with van der Waals surface area (Å²) in [6, 6.07) is 3.35. The average molecular weight is 336 g/mol. The predicted molar refractivity (Wildman–Crippen MR) is 76.9 cm³/mol. The van der Waals surface area contributed by atoms with Gasteiger partial charge >= 0.3 is 6.18 Å². The van der Waals surface area contributed by atoms with Crippen molar-refractivity contribution >= 4 is 10.0 Å². The van der Waals surface area contributed by atoms with E-state index in [-0.39, 0.29) is 10.9 Å². The molecule has 1 atom stereocenters. The van der Waals surface area contributed by atoms with Gasteiger partial charge in [-0.2, -0.15) is 13.2 Å². The summed E-state index contributed by atoms with van der Waals surface area (Å²) in [4.78, 5) is 2.00. The Morgan fingerprint density at radius 3 is 2.45 bits per heavy atom. The second-order valence-electron chi connectivity index (χ2n) is 5.38. The van der Waals surface area contributed by atoms with Gasteiger partial charge in [0.1, 0.15) is 0 Å². The van der Waals surface area contributed by atoms with Crippen LogP contribution >= 0.6 is 0 Å². The molecule has 0 spiro atoms. The maximum absolute atomic E-state index is 12.5. The van der Waals surface area contributed by atoms with Crippen LogP contribution in [0.4, 0.5) is 13.2 Å². The van der Waals surface area contributed by atoms with E-state index >= 15 is 0 Å². The molecule has 1 aromatic rings. The zero-order valence-electron chi connectivity index (χ0n) is 12.2. The third-order valence-corrected chi connectivity index (χ3v) is 5.30. The van der Waals surface area contributed by atoms with Crippen molar-refractivity contribution in [1.82, 2.24) is 9.62 Å².